The summed E-state index contributed by atoms with van der Waals surface area (Å²) >= 11 is 0. The molecule has 182 valence electrons. The Labute approximate surface area is 206 Å². The molecule has 0 N–H and O–H groups in total. The summed E-state index contributed by atoms with van der Waals surface area (Å²) in [6.07, 6.45) is 4.30. The van der Waals surface area contributed by atoms with E-state index < -0.39 is 5.60 Å². The first-order valence-corrected chi connectivity index (χ1v) is 12.7. The lowest BCUT2D eigenvalue weighted by Gasteiger charge is -2.33. The van der Waals surface area contributed by atoms with E-state index in [1.165, 1.54) is 16.8 Å². The van der Waals surface area contributed by atoms with Crippen molar-refractivity contribution >= 4 is 22.6 Å². The van der Waals surface area contributed by atoms with Crippen molar-refractivity contribution in [3.05, 3.63) is 47.0 Å². The van der Waals surface area contributed by atoms with Gasteiger partial charge in [-0.3, -0.25) is 4.79 Å². The largest absolute Gasteiger partial charge is 0.493 e. The normalized spacial score (nSPS) is 16.0. The highest BCUT2D eigenvalue weighted by Gasteiger charge is 2.26. The molecule has 6 nitrogen and oxygen atoms in total. The molecule has 3 aromatic rings. The summed E-state index contributed by atoms with van der Waals surface area (Å²) in [5, 5.41) is 1.10. The van der Waals surface area contributed by atoms with E-state index in [4.69, 9.17) is 19.2 Å². The van der Waals surface area contributed by atoms with E-state index >= 15 is 0 Å². The van der Waals surface area contributed by atoms with Gasteiger partial charge in [0.05, 0.1) is 17.8 Å². The van der Waals surface area contributed by atoms with E-state index in [0.717, 1.165) is 84.6 Å². The second kappa shape index (κ2) is 8.43. The number of rotatable bonds is 4. The van der Waals surface area contributed by atoms with Gasteiger partial charge < -0.3 is 19.1 Å². The minimum Gasteiger partial charge on any atom is -0.493 e. The Balaban J connectivity index is 1.27. The molecule has 4 heterocycles. The molecule has 2 aromatic carbocycles. The zero-order valence-electron chi connectivity index (χ0n) is 20.8. The van der Waals surface area contributed by atoms with Gasteiger partial charge in [-0.2, -0.15) is 0 Å². The minimum atomic E-state index is -0.436. The molecular weight excluding hydrogens is 440 g/mol. The fourth-order valence-electron chi connectivity index (χ4n) is 5.42. The van der Waals surface area contributed by atoms with Gasteiger partial charge in [-0.15, -0.1) is 0 Å². The van der Waals surface area contributed by atoms with Gasteiger partial charge in [0.1, 0.15) is 23.7 Å². The lowest BCUT2D eigenvalue weighted by molar-refractivity contribution is -0.154. The number of benzene rings is 2. The summed E-state index contributed by atoms with van der Waals surface area (Å²) < 4.78 is 17.5. The highest BCUT2D eigenvalue weighted by atomic mass is 16.6. The molecule has 0 saturated heterocycles. The van der Waals surface area contributed by atoms with Crippen LogP contribution in [0.2, 0.25) is 0 Å². The quantitative estimate of drug-likeness (QED) is 0.461. The Morgan fingerprint density at radius 3 is 2.77 bits per heavy atom. The van der Waals surface area contributed by atoms with E-state index in [2.05, 4.69) is 35.2 Å². The van der Waals surface area contributed by atoms with Crippen molar-refractivity contribution in [1.29, 1.82) is 0 Å². The second-order valence-electron chi connectivity index (χ2n) is 10.8. The Morgan fingerprint density at radius 2 is 1.91 bits per heavy atom. The zero-order valence-corrected chi connectivity index (χ0v) is 20.8. The lowest BCUT2D eigenvalue weighted by atomic mass is 9.93. The summed E-state index contributed by atoms with van der Waals surface area (Å²) in [5.74, 6) is 1.75. The summed E-state index contributed by atoms with van der Waals surface area (Å²) in [4.78, 5) is 19.6. The number of aryl methyl sites for hydroxylation is 1. The van der Waals surface area contributed by atoms with E-state index in [0.29, 0.717) is 13.0 Å². The number of anilines is 1. The van der Waals surface area contributed by atoms with Crippen molar-refractivity contribution in [2.24, 2.45) is 0 Å². The maximum Gasteiger partial charge on any atom is 0.306 e. The number of aromatic nitrogens is 1. The van der Waals surface area contributed by atoms with E-state index in [1.54, 1.807) is 0 Å². The van der Waals surface area contributed by atoms with Crippen LogP contribution in [0.4, 0.5) is 5.69 Å². The Morgan fingerprint density at radius 1 is 1.03 bits per heavy atom. The molecule has 0 saturated carbocycles. The number of nitrogens with zero attached hydrogens (tertiary/aromatic N) is 2. The first kappa shape index (κ1) is 22.2. The lowest BCUT2D eigenvalue weighted by Crippen LogP contribution is -2.31. The third kappa shape index (κ3) is 4.30. The van der Waals surface area contributed by atoms with Crippen LogP contribution in [0.5, 0.6) is 11.5 Å². The Bertz CT molecular complexity index is 1320. The standard InChI is InChI=1S/C29H32N2O4/c1-29(2,3)35-27(32)7-5-10-31-9-4-6-18-13-22-26(16-24(18)31)34-17-21-12-20-15-25-19(8-11-33-25)14-23(20)30-28(21)22/h12-16H,4-11,17H2,1-3H3. The molecule has 0 fully saturated rings. The van der Waals surface area contributed by atoms with E-state index in [-0.39, 0.29) is 5.97 Å². The van der Waals surface area contributed by atoms with E-state index in [9.17, 15) is 4.79 Å². The molecule has 1 aromatic heterocycles. The molecule has 3 aliphatic heterocycles. The topological polar surface area (TPSA) is 60.9 Å². The fourth-order valence-corrected chi connectivity index (χ4v) is 5.42. The minimum absolute atomic E-state index is 0.129. The fraction of sp³-hybridized carbons (Fsp3) is 0.448. The molecule has 6 heteroatoms. The molecule has 0 amide bonds. The third-order valence-electron chi connectivity index (χ3n) is 6.97. The molecule has 35 heavy (non-hydrogen) atoms. The predicted octanol–water partition coefficient (Wildman–Crippen LogP) is 5.60. The van der Waals surface area contributed by atoms with Crippen LogP contribution in [-0.2, 0) is 29.0 Å². The number of hydrogen-bond acceptors (Lipinski definition) is 6. The van der Waals surface area contributed by atoms with Crippen LogP contribution < -0.4 is 14.4 Å². The van der Waals surface area contributed by atoms with Gasteiger partial charge in [-0.05, 0) is 75.4 Å². The zero-order chi connectivity index (χ0) is 24.2. The molecule has 0 radical (unpaired) electrons. The number of carbonyl (C=O) groups is 1. The van der Waals surface area contributed by atoms with Crippen LogP contribution >= 0.6 is 0 Å². The maximum atomic E-state index is 12.1. The molecule has 3 aliphatic rings. The number of hydrogen-bond donors (Lipinski definition) is 0. The van der Waals surface area contributed by atoms with Crippen LogP contribution in [0.3, 0.4) is 0 Å². The number of esters is 1. The molecule has 0 atom stereocenters. The molecule has 6 rings (SSSR count). The van der Waals surface area contributed by atoms with Gasteiger partial charge in [-0.25, -0.2) is 4.98 Å². The van der Waals surface area contributed by atoms with Gasteiger partial charge in [0.25, 0.3) is 0 Å². The summed E-state index contributed by atoms with van der Waals surface area (Å²) in [5.41, 5.74) is 7.60. The van der Waals surface area contributed by atoms with Crippen molar-refractivity contribution < 1.29 is 19.0 Å². The number of pyridine rings is 1. The van der Waals surface area contributed by atoms with Gasteiger partial charge in [0, 0.05) is 54.2 Å². The Hall–Kier alpha value is -3.28. The first-order chi connectivity index (χ1) is 16.8. The second-order valence-corrected chi connectivity index (χ2v) is 10.8. The average molecular weight is 473 g/mol. The molecular formula is C29H32N2O4. The number of carbonyl (C=O) groups excluding carboxylic acids is 1. The summed E-state index contributed by atoms with van der Waals surface area (Å²) in [6, 6.07) is 11.0. The molecule has 0 spiro atoms. The molecule has 0 aliphatic carbocycles. The van der Waals surface area contributed by atoms with Gasteiger partial charge >= 0.3 is 5.97 Å². The summed E-state index contributed by atoms with van der Waals surface area (Å²) in [7, 11) is 0. The predicted molar refractivity (Wildman–Crippen MR) is 136 cm³/mol. The van der Waals surface area contributed by atoms with Crippen molar-refractivity contribution in [3.63, 3.8) is 0 Å². The molecule has 0 unspecified atom stereocenters. The van der Waals surface area contributed by atoms with Crippen LogP contribution in [-0.4, -0.2) is 36.3 Å². The summed E-state index contributed by atoms with van der Waals surface area (Å²) in [6.45, 7) is 8.81. The first-order valence-electron chi connectivity index (χ1n) is 12.7. The monoisotopic (exact) mass is 472 g/mol. The molecule has 0 bridgehead atoms. The van der Waals surface area contributed by atoms with Crippen molar-refractivity contribution in [3.8, 4) is 22.8 Å². The van der Waals surface area contributed by atoms with Crippen LogP contribution in [0.1, 0.15) is 56.7 Å². The average Bonchev–Trinajstić information content (AvgIpc) is 3.26. The van der Waals surface area contributed by atoms with Gasteiger partial charge in [0.15, 0.2) is 0 Å². The smallest absolute Gasteiger partial charge is 0.306 e. The van der Waals surface area contributed by atoms with Crippen molar-refractivity contribution in [2.45, 2.75) is 65.1 Å². The van der Waals surface area contributed by atoms with Crippen LogP contribution in [0.25, 0.3) is 22.2 Å². The van der Waals surface area contributed by atoms with Crippen molar-refractivity contribution in [1.82, 2.24) is 4.98 Å². The van der Waals surface area contributed by atoms with Gasteiger partial charge in [0.2, 0.25) is 0 Å². The van der Waals surface area contributed by atoms with E-state index in [1.807, 2.05) is 20.8 Å². The maximum absolute atomic E-state index is 12.1. The van der Waals surface area contributed by atoms with Crippen LogP contribution in [0, 0.1) is 0 Å². The third-order valence-corrected chi connectivity index (χ3v) is 6.97. The Kier molecular flexibility index (Phi) is 5.35. The number of fused-ring (bicyclic) bond motifs is 6. The number of ether oxygens (including phenoxy) is 3. The van der Waals surface area contributed by atoms with Crippen molar-refractivity contribution in [2.75, 3.05) is 24.6 Å². The highest BCUT2D eigenvalue weighted by Crippen LogP contribution is 2.43. The van der Waals surface area contributed by atoms with Crippen LogP contribution in [0.15, 0.2) is 30.3 Å². The SMILES string of the molecule is CC(C)(C)OC(=O)CCCN1CCCc2cc3c(cc21)OCc1cc2cc4c(cc2nc1-3)CCO4. The highest BCUT2D eigenvalue weighted by molar-refractivity contribution is 5.88. The van der Waals surface area contributed by atoms with Gasteiger partial charge in [-0.1, -0.05) is 0 Å².